The fraction of sp³-hybridized carbons (Fsp3) is 0.600. The summed E-state index contributed by atoms with van der Waals surface area (Å²) in [5, 5.41) is 0. The van der Waals surface area contributed by atoms with Crippen LogP contribution in [0.25, 0.3) is 0 Å². The normalized spacial score (nSPS) is 22.1. The molecule has 3 heteroatoms. The average molecular weight is 315 g/mol. The molecular formula is C15H27BrN2. The Hall–Kier alpha value is -0.380. The molecule has 2 nitrogen and oxygen atoms in total. The first-order valence-electron chi connectivity index (χ1n) is 6.84. The molecule has 1 aromatic rings. The van der Waals surface area contributed by atoms with Gasteiger partial charge in [-0.15, -0.1) is 0 Å². The molecule has 0 atom stereocenters. The van der Waals surface area contributed by atoms with E-state index in [1.54, 1.807) is 0 Å². The van der Waals surface area contributed by atoms with Gasteiger partial charge in [-0.1, -0.05) is 41.9 Å². The minimum atomic E-state index is 0.446. The summed E-state index contributed by atoms with van der Waals surface area (Å²) in [5.41, 5.74) is 11.9. The van der Waals surface area contributed by atoms with Crippen LogP contribution in [0.1, 0.15) is 51.0 Å². The lowest BCUT2D eigenvalue weighted by molar-refractivity contribution is 0.395. The molecule has 2 rings (SSSR count). The van der Waals surface area contributed by atoms with Crippen LogP contribution in [-0.2, 0) is 0 Å². The number of benzene rings is 1. The number of halogens is 1. The molecule has 0 saturated heterocycles. The van der Waals surface area contributed by atoms with Crippen molar-refractivity contribution < 1.29 is 0 Å². The van der Waals surface area contributed by atoms with Crippen LogP contribution in [0.3, 0.4) is 0 Å². The molecule has 0 radical (unpaired) electrons. The summed E-state index contributed by atoms with van der Waals surface area (Å²) < 4.78 is 1.16. The summed E-state index contributed by atoms with van der Waals surface area (Å²) in [5.74, 6) is 0.739. The van der Waals surface area contributed by atoms with Crippen molar-refractivity contribution in [3.05, 3.63) is 34.3 Å². The number of hydrogen-bond donors (Lipinski definition) is 2. The summed E-state index contributed by atoms with van der Waals surface area (Å²) in [7, 11) is 1.50. The van der Waals surface area contributed by atoms with Gasteiger partial charge in [-0.2, -0.15) is 0 Å². The molecule has 4 N–H and O–H groups in total. The monoisotopic (exact) mass is 314 g/mol. The molecule has 0 amide bonds. The van der Waals surface area contributed by atoms with E-state index in [-0.39, 0.29) is 0 Å². The second-order valence-electron chi connectivity index (χ2n) is 4.16. The summed E-state index contributed by atoms with van der Waals surface area (Å²) in [6.45, 7) is 4.00. The molecule has 1 aliphatic rings. The summed E-state index contributed by atoms with van der Waals surface area (Å²) in [6.07, 6.45) is 4.87. The van der Waals surface area contributed by atoms with E-state index in [1.165, 1.54) is 38.3 Å². The number of hydrogen-bond acceptors (Lipinski definition) is 2. The van der Waals surface area contributed by atoms with Crippen molar-refractivity contribution in [2.75, 3.05) is 7.05 Å². The van der Waals surface area contributed by atoms with E-state index < -0.39 is 0 Å². The summed E-state index contributed by atoms with van der Waals surface area (Å²) >= 11 is 3.46. The maximum absolute atomic E-state index is 5.89. The summed E-state index contributed by atoms with van der Waals surface area (Å²) in [4.78, 5) is 0. The van der Waals surface area contributed by atoms with Gasteiger partial charge >= 0.3 is 0 Å². The maximum atomic E-state index is 5.89. The zero-order valence-corrected chi connectivity index (χ0v) is 13.4. The largest absolute Gasteiger partial charge is 0.333 e. The lowest BCUT2D eigenvalue weighted by atomic mass is 9.82. The van der Waals surface area contributed by atoms with Crippen LogP contribution >= 0.6 is 15.9 Å². The average Bonchev–Trinajstić information content (AvgIpc) is 2.45. The molecule has 0 spiro atoms. The Morgan fingerprint density at radius 1 is 0.944 bits per heavy atom. The fourth-order valence-corrected chi connectivity index (χ4v) is 2.45. The van der Waals surface area contributed by atoms with Gasteiger partial charge in [-0.05, 0) is 56.3 Å². The number of rotatable bonds is 1. The molecule has 1 aromatic carbocycles. The van der Waals surface area contributed by atoms with Gasteiger partial charge in [0.25, 0.3) is 0 Å². The van der Waals surface area contributed by atoms with E-state index in [4.69, 9.17) is 5.73 Å². The lowest BCUT2D eigenvalue weighted by Gasteiger charge is -2.26. The minimum absolute atomic E-state index is 0.446. The van der Waals surface area contributed by atoms with E-state index in [2.05, 4.69) is 45.9 Å². The molecule has 1 aliphatic carbocycles. The van der Waals surface area contributed by atoms with Crippen molar-refractivity contribution in [3.63, 3.8) is 0 Å². The van der Waals surface area contributed by atoms with Gasteiger partial charge in [0.15, 0.2) is 0 Å². The van der Waals surface area contributed by atoms with Gasteiger partial charge in [0.1, 0.15) is 0 Å². The van der Waals surface area contributed by atoms with Gasteiger partial charge in [0.2, 0.25) is 0 Å². The summed E-state index contributed by atoms with van der Waals surface area (Å²) in [6, 6.07) is 9.16. The fourth-order valence-electron chi connectivity index (χ4n) is 2.19. The maximum Gasteiger partial charge on any atom is 0.0175 e. The highest BCUT2D eigenvalue weighted by atomic mass is 79.9. The highest BCUT2D eigenvalue weighted by Gasteiger charge is 2.19. The van der Waals surface area contributed by atoms with Crippen molar-refractivity contribution in [3.8, 4) is 0 Å². The Kier molecular flexibility index (Phi) is 10.3. The molecule has 0 aliphatic heterocycles. The standard InChI is InChI=1S/C12H16BrN.C2H6.CH5N/c13-11-5-1-9(2-6-11)10-3-7-12(14)8-4-10;2*1-2/h1-2,5-6,10,12H,3-4,7-8,14H2;1-2H3;2H2,1H3. The Balaban J connectivity index is 0.000000659. The van der Waals surface area contributed by atoms with Crippen LogP contribution in [0, 0.1) is 0 Å². The van der Waals surface area contributed by atoms with Crippen LogP contribution < -0.4 is 11.5 Å². The molecule has 0 aromatic heterocycles. The first kappa shape index (κ1) is 17.6. The molecule has 1 fully saturated rings. The van der Waals surface area contributed by atoms with Gasteiger partial charge in [-0.3, -0.25) is 0 Å². The van der Waals surface area contributed by atoms with Crippen molar-refractivity contribution in [2.24, 2.45) is 11.5 Å². The Labute approximate surface area is 120 Å². The molecule has 0 bridgehead atoms. The van der Waals surface area contributed by atoms with Crippen molar-refractivity contribution >= 4 is 15.9 Å². The zero-order valence-electron chi connectivity index (χ0n) is 11.8. The van der Waals surface area contributed by atoms with E-state index >= 15 is 0 Å². The first-order chi connectivity index (χ1) is 8.75. The molecule has 0 unspecified atom stereocenters. The molecule has 18 heavy (non-hydrogen) atoms. The Morgan fingerprint density at radius 2 is 1.39 bits per heavy atom. The molecule has 0 heterocycles. The highest BCUT2D eigenvalue weighted by Crippen LogP contribution is 2.32. The van der Waals surface area contributed by atoms with E-state index in [0.717, 1.165) is 10.4 Å². The Morgan fingerprint density at radius 3 is 1.83 bits per heavy atom. The third kappa shape index (κ3) is 5.98. The van der Waals surface area contributed by atoms with Crippen LogP contribution in [0.4, 0.5) is 0 Å². The predicted octanol–water partition coefficient (Wildman–Crippen LogP) is 4.04. The SMILES string of the molecule is CC.CN.NC1CCC(c2ccc(Br)cc2)CC1. The third-order valence-corrected chi connectivity index (χ3v) is 3.64. The Bertz CT molecular complexity index is 290. The van der Waals surface area contributed by atoms with Gasteiger partial charge in [0, 0.05) is 10.5 Å². The third-order valence-electron chi connectivity index (χ3n) is 3.11. The number of nitrogens with two attached hydrogens (primary N) is 2. The van der Waals surface area contributed by atoms with Crippen LogP contribution in [0.15, 0.2) is 28.7 Å². The van der Waals surface area contributed by atoms with Crippen molar-refractivity contribution in [2.45, 2.75) is 51.5 Å². The quantitative estimate of drug-likeness (QED) is 0.822. The second kappa shape index (κ2) is 10.5. The van der Waals surface area contributed by atoms with Crippen molar-refractivity contribution in [1.29, 1.82) is 0 Å². The van der Waals surface area contributed by atoms with E-state index in [0.29, 0.717) is 6.04 Å². The second-order valence-corrected chi connectivity index (χ2v) is 5.08. The first-order valence-corrected chi connectivity index (χ1v) is 7.64. The lowest BCUT2D eigenvalue weighted by Crippen LogP contribution is -2.25. The molecule has 104 valence electrons. The predicted molar refractivity (Wildman–Crippen MR) is 84.8 cm³/mol. The van der Waals surface area contributed by atoms with Crippen molar-refractivity contribution in [1.82, 2.24) is 0 Å². The van der Waals surface area contributed by atoms with Crippen LogP contribution in [0.5, 0.6) is 0 Å². The molecular weight excluding hydrogens is 288 g/mol. The minimum Gasteiger partial charge on any atom is -0.333 e. The zero-order chi connectivity index (χ0) is 14.0. The van der Waals surface area contributed by atoms with Gasteiger partial charge < -0.3 is 11.5 Å². The highest BCUT2D eigenvalue weighted by molar-refractivity contribution is 9.10. The molecule has 1 saturated carbocycles. The van der Waals surface area contributed by atoms with Gasteiger partial charge in [0.05, 0.1) is 0 Å². The topological polar surface area (TPSA) is 52.0 Å². The van der Waals surface area contributed by atoms with Crippen LogP contribution in [0.2, 0.25) is 0 Å². The van der Waals surface area contributed by atoms with Gasteiger partial charge in [-0.25, -0.2) is 0 Å². The smallest absolute Gasteiger partial charge is 0.0175 e. The van der Waals surface area contributed by atoms with E-state index in [9.17, 15) is 0 Å². The van der Waals surface area contributed by atoms with E-state index in [1.807, 2.05) is 13.8 Å². The van der Waals surface area contributed by atoms with Crippen LogP contribution in [-0.4, -0.2) is 13.1 Å².